The molecule has 1 atom stereocenters. The number of fused-ring (bicyclic) bond motifs is 1. The second kappa shape index (κ2) is 8.19. The summed E-state index contributed by atoms with van der Waals surface area (Å²) in [6.07, 6.45) is 0.943. The summed E-state index contributed by atoms with van der Waals surface area (Å²) in [6.45, 7) is 8.05. The molecule has 3 rings (SSSR count). The van der Waals surface area contributed by atoms with Gasteiger partial charge in [0.2, 0.25) is 0 Å². The number of aryl methyl sites for hydroxylation is 1. The van der Waals surface area contributed by atoms with Crippen LogP contribution in [0.2, 0.25) is 5.02 Å². The molecule has 1 unspecified atom stereocenters. The third-order valence-electron chi connectivity index (χ3n) is 4.68. The Hall–Kier alpha value is -1.91. The average molecular weight is 376 g/mol. The fraction of sp³-hybridized carbons (Fsp3) is 0.429. The van der Waals surface area contributed by atoms with Crippen molar-refractivity contribution >= 4 is 11.6 Å². The minimum Gasteiger partial charge on any atom is -0.494 e. The topological polar surface area (TPSA) is 39.7 Å². The third-order valence-corrected chi connectivity index (χ3v) is 5.09. The lowest BCUT2D eigenvalue weighted by molar-refractivity contribution is 0.309. The van der Waals surface area contributed by atoms with Crippen LogP contribution in [0.15, 0.2) is 24.3 Å². The van der Waals surface area contributed by atoms with Crippen molar-refractivity contribution in [2.45, 2.75) is 33.2 Å². The molecule has 1 N–H and O–H groups in total. The van der Waals surface area contributed by atoms with Gasteiger partial charge in [-0.1, -0.05) is 11.6 Å². The summed E-state index contributed by atoms with van der Waals surface area (Å²) in [7, 11) is 1.68. The Morgan fingerprint density at radius 1 is 1.00 bits per heavy atom. The lowest BCUT2D eigenvalue weighted by Crippen LogP contribution is -2.31. The van der Waals surface area contributed by atoms with Crippen molar-refractivity contribution in [1.29, 1.82) is 0 Å². The quantitative estimate of drug-likeness (QED) is 0.795. The molecule has 2 aromatic rings. The van der Waals surface area contributed by atoms with Crippen LogP contribution in [0.5, 0.6) is 17.2 Å². The van der Waals surface area contributed by atoms with Gasteiger partial charge in [-0.25, -0.2) is 0 Å². The Morgan fingerprint density at radius 3 is 2.42 bits per heavy atom. The van der Waals surface area contributed by atoms with E-state index in [-0.39, 0.29) is 6.04 Å². The van der Waals surface area contributed by atoms with Crippen molar-refractivity contribution in [3.05, 3.63) is 51.5 Å². The van der Waals surface area contributed by atoms with Crippen molar-refractivity contribution in [3.63, 3.8) is 0 Å². The Balaban J connectivity index is 2.12. The van der Waals surface area contributed by atoms with Gasteiger partial charge < -0.3 is 19.5 Å². The molecule has 0 radical (unpaired) electrons. The van der Waals surface area contributed by atoms with Crippen molar-refractivity contribution in [1.82, 2.24) is 5.32 Å². The van der Waals surface area contributed by atoms with E-state index in [1.165, 1.54) is 11.1 Å². The highest BCUT2D eigenvalue weighted by molar-refractivity contribution is 6.31. The number of nitrogens with one attached hydrogen (secondary N) is 1. The highest BCUT2D eigenvalue weighted by atomic mass is 35.5. The van der Waals surface area contributed by atoms with Gasteiger partial charge in [-0.05, 0) is 68.1 Å². The van der Waals surface area contributed by atoms with Crippen LogP contribution in [0.4, 0.5) is 0 Å². The molecule has 0 aromatic heterocycles. The van der Waals surface area contributed by atoms with Gasteiger partial charge in [0.1, 0.15) is 5.75 Å². The second-order valence-corrected chi connectivity index (χ2v) is 6.75. The third kappa shape index (κ3) is 3.62. The normalized spacial score (nSPS) is 16.1. The molecule has 4 nitrogen and oxygen atoms in total. The maximum atomic E-state index is 6.43. The molecular formula is C21H26ClNO3. The Morgan fingerprint density at radius 2 is 1.73 bits per heavy atom. The van der Waals surface area contributed by atoms with Crippen LogP contribution in [-0.4, -0.2) is 26.9 Å². The SMILES string of the molecule is CCOc1cc2c(cc1OC)CCNC2c1cc(Cl)c(C)cc1OCC. The van der Waals surface area contributed by atoms with Gasteiger partial charge in [-0.15, -0.1) is 0 Å². The van der Waals surface area contributed by atoms with Gasteiger partial charge in [-0.2, -0.15) is 0 Å². The summed E-state index contributed by atoms with van der Waals surface area (Å²) in [5.41, 5.74) is 4.50. The number of ether oxygens (including phenoxy) is 3. The molecule has 5 heteroatoms. The summed E-state index contributed by atoms with van der Waals surface area (Å²) in [6, 6.07) is 8.20. The maximum Gasteiger partial charge on any atom is 0.161 e. The first-order valence-electron chi connectivity index (χ1n) is 9.08. The van der Waals surface area contributed by atoms with Crippen LogP contribution < -0.4 is 19.5 Å². The predicted molar refractivity (Wildman–Crippen MR) is 105 cm³/mol. The maximum absolute atomic E-state index is 6.43. The largest absolute Gasteiger partial charge is 0.494 e. The van der Waals surface area contributed by atoms with Crippen molar-refractivity contribution in [3.8, 4) is 17.2 Å². The zero-order valence-corrected chi connectivity index (χ0v) is 16.6. The highest BCUT2D eigenvalue weighted by Crippen LogP contribution is 2.41. The standard InChI is InChI=1S/C21H26ClNO3/c1-5-25-18-9-13(3)17(22)11-16(18)21-15-12-20(26-6-2)19(24-4)10-14(15)7-8-23-21/h9-12,21,23H,5-8H2,1-4H3. The van der Waals surface area contributed by atoms with E-state index in [1.54, 1.807) is 7.11 Å². The number of rotatable bonds is 6. The van der Waals surface area contributed by atoms with Gasteiger partial charge in [0.05, 0.1) is 26.4 Å². The Labute approximate surface area is 160 Å². The van der Waals surface area contributed by atoms with Crippen molar-refractivity contribution in [2.24, 2.45) is 0 Å². The zero-order valence-electron chi connectivity index (χ0n) is 15.8. The smallest absolute Gasteiger partial charge is 0.161 e. The molecule has 2 aromatic carbocycles. The van der Waals surface area contributed by atoms with Gasteiger partial charge in [0.25, 0.3) is 0 Å². The number of benzene rings is 2. The van der Waals surface area contributed by atoms with Gasteiger partial charge >= 0.3 is 0 Å². The molecule has 1 aliphatic rings. The molecule has 0 saturated carbocycles. The first-order valence-corrected chi connectivity index (χ1v) is 9.46. The Bertz CT molecular complexity index is 791. The van der Waals surface area contributed by atoms with Gasteiger partial charge in [0, 0.05) is 17.1 Å². The van der Waals surface area contributed by atoms with Crippen LogP contribution in [0, 0.1) is 6.92 Å². The second-order valence-electron chi connectivity index (χ2n) is 6.34. The van der Waals surface area contributed by atoms with E-state index in [1.807, 2.05) is 32.9 Å². The van der Waals surface area contributed by atoms with E-state index >= 15 is 0 Å². The van der Waals surface area contributed by atoms with E-state index < -0.39 is 0 Å². The molecule has 140 valence electrons. The average Bonchev–Trinajstić information content (AvgIpc) is 2.64. The minimum atomic E-state index is 0.00325. The molecular weight excluding hydrogens is 350 g/mol. The van der Waals surface area contributed by atoms with Crippen LogP contribution in [0.1, 0.15) is 42.1 Å². The van der Waals surface area contributed by atoms with Gasteiger partial charge in [-0.3, -0.25) is 0 Å². The molecule has 0 aliphatic carbocycles. The van der Waals surface area contributed by atoms with Crippen LogP contribution in [0.25, 0.3) is 0 Å². The number of hydrogen-bond acceptors (Lipinski definition) is 4. The molecule has 0 amide bonds. The summed E-state index contributed by atoms with van der Waals surface area (Å²) in [5.74, 6) is 2.41. The van der Waals surface area contributed by atoms with Crippen molar-refractivity contribution < 1.29 is 14.2 Å². The number of methoxy groups -OCH3 is 1. The Kier molecular flexibility index (Phi) is 5.94. The fourth-order valence-electron chi connectivity index (χ4n) is 3.45. The molecule has 0 spiro atoms. The monoisotopic (exact) mass is 375 g/mol. The molecule has 0 bridgehead atoms. The van der Waals surface area contributed by atoms with Crippen LogP contribution >= 0.6 is 11.6 Å². The molecule has 0 fully saturated rings. The van der Waals surface area contributed by atoms with Crippen LogP contribution in [0.3, 0.4) is 0 Å². The minimum absolute atomic E-state index is 0.00325. The summed E-state index contributed by atoms with van der Waals surface area (Å²) >= 11 is 6.43. The number of hydrogen-bond donors (Lipinski definition) is 1. The number of halogens is 1. The van der Waals surface area contributed by atoms with E-state index in [0.29, 0.717) is 13.2 Å². The fourth-order valence-corrected chi connectivity index (χ4v) is 3.62. The van der Waals surface area contributed by atoms with E-state index in [9.17, 15) is 0 Å². The van der Waals surface area contributed by atoms with E-state index in [4.69, 9.17) is 25.8 Å². The van der Waals surface area contributed by atoms with Gasteiger partial charge in [0.15, 0.2) is 11.5 Å². The van der Waals surface area contributed by atoms with E-state index in [2.05, 4.69) is 17.4 Å². The lowest BCUT2D eigenvalue weighted by atomic mass is 9.88. The molecule has 26 heavy (non-hydrogen) atoms. The van der Waals surface area contributed by atoms with Crippen molar-refractivity contribution in [2.75, 3.05) is 26.9 Å². The summed E-state index contributed by atoms with van der Waals surface area (Å²) < 4.78 is 17.2. The lowest BCUT2D eigenvalue weighted by Gasteiger charge is -2.30. The first kappa shape index (κ1) is 18.9. The predicted octanol–water partition coefficient (Wildman–Crippen LogP) is 4.69. The van der Waals surface area contributed by atoms with E-state index in [0.717, 1.165) is 46.4 Å². The zero-order chi connectivity index (χ0) is 18.7. The summed E-state index contributed by atoms with van der Waals surface area (Å²) in [5, 5.41) is 4.36. The molecule has 0 saturated heterocycles. The molecule has 1 heterocycles. The highest BCUT2D eigenvalue weighted by Gasteiger charge is 2.27. The first-order chi connectivity index (χ1) is 12.6. The van der Waals surface area contributed by atoms with Crippen LogP contribution in [-0.2, 0) is 6.42 Å². The molecule has 1 aliphatic heterocycles. The summed E-state index contributed by atoms with van der Waals surface area (Å²) in [4.78, 5) is 0.